The summed E-state index contributed by atoms with van der Waals surface area (Å²) in [6, 6.07) is 3.56. The van der Waals surface area contributed by atoms with E-state index in [1.54, 1.807) is 12.1 Å². The summed E-state index contributed by atoms with van der Waals surface area (Å²) < 4.78 is 0. The lowest BCUT2D eigenvalue weighted by molar-refractivity contribution is -0.384. The lowest BCUT2D eigenvalue weighted by atomic mass is 10.1. The first-order valence-corrected chi connectivity index (χ1v) is 6.64. The second kappa shape index (κ2) is 6.39. The number of carbonyl (C=O) groups is 2. The van der Waals surface area contributed by atoms with Crippen molar-refractivity contribution in [3.05, 3.63) is 33.9 Å². The molecule has 1 aliphatic rings. The number of carboxylic acids is 2. The fraction of sp³-hybridized carbons (Fsp3) is 0.385. The minimum Gasteiger partial charge on any atom is -0.481 e. The van der Waals surface area contributed by atoms with E-state index in [4.69, 9.17) is 10.2 Å². The van der Waals surface area contributed by atoms with Crippen LogP contribution in [0.15, 0.2) is 18.2 Å². The lowest BCUT2D eigenvalue weighted by Crippen LogP contribution is -2.48. The Balaban J connectivity index is 2.20. The number of nitrogens with zero attached hydrogens (tertiary/aromatic N) is 2. The monoisotopic (exact) mass is 309 g/mol. The van der Waals surface area contributed by atoms with Crippen molar-refractivity contribution >= 4 is 23.3 Å². The molecule has 1 aromatic rings. The number of anilines is 1. The van der Waals surface area contributed by atoms with Gasteiger partial charge in [0, 0.05) is 19.0 Å². The van der Waals surface area contributed by atoms with Crippen LogP contribution in [0.4, 0.5) is 11.4 Å². The number of hydrogen-bond donors (Lipinski definition) is 3. The zero-order valence-electron chi connectivity index (χ0n) is 11.6. The first kappa shape index (κ1) is 15.7. The first-order chi connectivity index (χ1) is 10.4. The van der Waals surface area contributed by atoms with Gasteiger partial charge in [-0.1, -0.05) is 12.1 Å². The van der Waals surface area contributed by atoms with Crippen LogP contribution in [0.2, 0.25) is 0 Å². The Morgan fingerprint density at radius 1 is 1.41 bits per heavy atom. The van der Waals surface area contributed by atoms with Crippen molar-refractivity contribution in [3.8, 4) is 0 Å². The summed E-state index contributed by atoms with van der Waals surface area (Å²) in [5, 5.41) is 30.3. The van der Waals surface area contributed by atoms with Crippen LogP contribution in [0.3, 0.4) is 0 Å². The van der Waals surface area contributed by atoms with Crippen molar-refractivity contribution in [2.75, 3.05) is 11.6 Å². The molecule has 9 heteroatoms. The number of carboxylic acid groups (broad SMARTS) is 2. The zero-order valence-corrected chi connectivity index (χ0v) is 11.6. The maximum absolute atomic E-state index is 11.2. The number of nitrogens with one attached hydrogen (secondary N) is 1. The Morgan fingerprint density at radius 2 is 2.14 bits per heavy atom. The quantitative estimate of drug-likeness (QED) is 0.497. The van der Waals surface area contributed by atoms with Crippen LogP contribution in [-0.2, 0) is 16.0 Å². The molecule has 1 atom stereocenters. The Kier molecular flexibility index (Phi) is 4.56. The van der Waals surface area contributed by atoms with E-state index in [-0.39, 0.29) is 18.5 Å². The third-order valence-electron chi connectivity index (χ3n) is 3.43. The highest BCUT2D eigenvalue weighted by atomic mass is 16.6. The maximum Gasteiger partial charge on any atom is 0.322 e. The molecule has 0 saturated heterocycles. The topological polar surface area (TPSA) is 133 Å². The molecule has 0 bridgehead atoms. The summed E-state index contributed by atoms with van der Waals surface area (Å²) in [7, 11) is 0. The minimum absolute atomic E-state index is 0.107. The van der Waals surface area contributed by atoms with Gasteiger partial charge in [0.2, 0.25) is 0 Å². The van der Waals surface area contributed by atoms with Gasteiger partial charge in [-0.15, -0.1) is 0 Å². The Bertz CT molecular complexity index is 618. The summed E-state index contributed by atoms with van der Waals surface area (Å²) in [6.45, 7) is 0.386. The molecule has 1 aromatic carbocycles. The summed E-state index contributed by atoms with van der Waals surface area (Å²) in [5.74, 6) is -2.30. The van der Waals surface area contributed by atoms with Gasteiger partial charge in [0.1, 0.15) is 11.7 Å². The second-order valence-electron chi connectivity index (χ2n) is 4.90. The molecule has 0 spiro atoms. The second-order valence-corrected chi connectivity index (χ2v) is 4.90. The highest BCUT2D eigenvalue weighted by molar-refractivity contribution is 5.76. The van der Waals surface area contributed by atoms with Crippen molar-refractivity contribution in [1.82, 2.24) is 5.43 Å². The van der Waals surface area contributed by atoms with E-state index >= 15 is 0 Å². The van der Waals surface area contributed by atoms with Gasteiger partial charge in [0.05, 0.1) is 4.92 Å². The van der Waals surface area contributed by atoms with Gasteiger partial charge in [-0.2, -0.15) is 0 Å². The number of rotatable bonds is 7. The average Bonchev–Trinajstić information content (AvgIpc) is 2.85. The third-order valence-corrected chi connectivity index (χ3v) is 3.43. The standard InChI is InChI=1S/C13H15N3O6/c17-11(18)5-4-9(13(19)20)14-15-7-6-8-2-1-3-10(12(8)15)16(21)22/h1-3,9,14H,4-7H2,(H,17,18)(H,19,20)/t9-/m0/s1. The van der Waals surface area contributed by atoms with Crippen molar-refractivity contribution in [2.24, 2.45) is 0 Å². The Hall–Kier alpha value is -2.68. The van der Waals surface area contributed by atoms with E-state index in [1.807, 2.05) is 0 Å². The molecule has 1 heterocycles. The maximum atomic E-state index is 11.2. The van der Waals surface area contributed by atoms with Crippen LogP contribution in [0.1, 0.15) is 18.4 Å². The fourth-order valence-electron chi connectivity index (χ4n) is 2.41. The van der Waals surface area contributed by atoms with Crippen molar-refractivity contribution in [2.45, 2.75) is 25.3 Å². The zero-order chi connectivity index (χ0) is 16.3. The molecule has 0 saturated carbocycles. The molecular weight excluding hydrogens is 294 g/mol. The summed E-state index contributed by atoms with van der Waals surface area (Å²) >= 11 is 0. The average molecular weight is 309 g/mol. The molecule has 0 radical (unpaired) electrons. The highest BCUT2D eigenvalue weighted by Crippen LogP contribution is 2.35. The number of hydrogen-bond acceptors (Lipinski definition) is 6. The Morgan fingerprint density at radius 3 is 2.73 bits per heavy atom. The number of benzene rings is 1. The molecule has 0 unspecified atom stereocenters. The lowest BCUT2D eigenvalue weighted by Gasteiger charge is -2.24. The Labute approximate surface area is 125 Å². The van der Waals surface area contributed by atoms with Crippen LogP contribution in [0, 0.1) is 10.1 Å². The molecule has 0 fully saturated rings. The van der Waals surface area contributed by atoms with Gasteiger partial charge in [0.15, 0.2) is 0 Å². The first-order valence-electron chi connectivity index (χ1n) is 6.64. The van der Waals surface area contributed by atoms with Crippen molar-refractivity contribution in [1.29, 1.82) is 0 Å². The van der Waals surface area contributed by atoms with Crippen molar-refractivity contribution in [3.63, 3.8) is 0 Å². The molecule has 118 valence electrons. The third kappa shape index (κ3) is 3.31. The summed E-state index contributed by atoms with van der Waals surface area (Å²) in [6.07, 6.45) is 0.133. The van der Waals surface area contributed by atoms with E-state index in [9.17, 15) is 19.7 Å². The van der Waals surface area contributed by atoms with Gasteiger partial charge in [-0.3, -0.25) is 19.7 Å². The van der Waals surface area contributed by atoms with E-state index in [1.165, 1.54) is 11.1 Å². The van der Waals surface area contributed by atoms with E-state index < -0.39 is 22.9 Å². The largest absolute Gasteiger partial charge is 0.481 e. The molecular formula is C13H15N3O6. The van der Waals surface area contributed by atoms with Crippen LogP contribution in [-0.4, -0.2) is 39.7 Å². The normalized spacial score (nSPS) is 14.5. The molecule has 2 rings (SSSR count). The van der Waals surface area contributed by atoms with Gasteiger partial charge < -0.3 is 15.2 Å². The van der Waals surface area contributed by atoms with Crippen LogP contribution in [0.25, 0.3) is 0 Å². The van der Waals surface area contributed by atoms with Crippen LogP contribution in [0.5, 0.6) is 0 Å². The number of aliphatic carboxylic acids is 2. The van der Waals surface area contributed by atoms with E-state index in [0.717, 1.165) is 5.56 Å². The molecule has 9 nitrogen and oxygen atoms in total. The predicted octanol–water partition coefficient (Wildman–Crippen LogP) is 0.780. The van der Waals surface area contributed by atoms with Gasteiger partial charge in [0.25, 0.3) is 5.69 Å². The van der Waals surface area contributed by atoms with E-state index in [0.29, 0.717) is 18.7 Å². The SMILES string of the molecule is O=C(O)CC[C@H](NN1CCc2cccc([N+](=O)[O-])c21)C(=O)O. The molecule has 0 aromatic heterocycles. The van der Waals surface area contributed by atoms with Crippen LogP contribution < -0.4 is 10.4 Å². The van der Waals surface area contributed by atoms with Crippen LogP contribution >= 0.6 is 0 Å². The molecule has 3 N–H and O–H groups in total. The number of nitro benzene ring substituents is 1. The number of hydrazine groups is 1. The predicted molar refractivity (Wildman–Crippen MR) is 75.6 cm³/mol. The summed E-state index contributed by atoms with van der Waals surface area (Å²) in [4.78, 5) is 32.4. The van der Waals surface area contributed by atoms with Gasteiger partial charge in [-0.05, 0) is 18.4 Å². The smallest absolute Gasteiger partial charge is 0.322 e. The minimum atomic E-state index is -1.20. The molecule has 1 aliphatic heterocycles. The van der Waals surface area contributed by atoms with Crippen molar-refractivity contribution < 1.29 is 24.7 Å². The molecule has 0 amide bonds. The highest BCUT2D eigenvalue weighted by Gasteiger charge is 2.31. The van der Waals surface area contributed by atoms with E-state index in [2.05, 4.69) is 5.43 Å². The number of nitro groups is 1. The fourth-order valence-corrected chi connectivity index (χ4v) is 2.41. The number of fused-ring (bicyclic) bond motifs is 1. The summed E-state index contributed by atoms with van der Waals surface area (Å²) in [5.41, 5.74) is 3.68. The molecule has 22 heavy (non-hydrogen) atoms. The van der Waals surface area contributed by atoms with Gasteiger partial charge in [-0.25, -0.2) is 5.43 Å². The number of para-hydroxylation sites is 1. The molecule has 0 aliphatic carbocycles. The van der Waals surface area contributed by atoms with Gasteiger partial charge >= 0.3 is 11.9 Å².